The summed E-state index contributed by atoms with van der Waals surface area (Å²) in [6.07, 6.45) is 2.91. The van der Waals surface area contributed by atoms with Crippen LogP contribution in [0.3, 0.4) is 0 Å². The van der Waals surface area contributed by atoms with Gasteiger partial charge in [0.05, 0.1) is 5.52 Å². The number of nitrogens with one attached hydrogen (secondary N) is 1. The quantitative estimate of drug-likeness (QED) is 0.896. The lowest BCUT2D eigenvalue weighted by Crippen LogP contribution is -2.27. The maximum atomic E-state index is 13.7. The number of rotatable bonds is 2. The highest BCUT2D eigenvalue weighted by molar-refractivity contribution is 5.81. The van der Waals surface area contributed by atoms with Gasteiger partial charge in [-0.15, -0.1) is 0 Å². The molecule has 1 aromatic heterocycles. The molecule has 1 N–H and O–H groups in total. The van der Waals surface area contributed by atoms with Gasteiger partial charge < -0.3 is 5.32 Å². The second kappa shape index (κ2) is 5.63. The lowest BCUT2D eigenvalue weighted by atomic mass is 10.1. The van der Waals surface area contributed by atoms with Crippen molar-refractivity contribution in [2.75, 3.05) is 26.2 Å². The Morgan fingerprint density at radius 3 is 3.16 bits per heavy atom. The SMILES string of the molecule is Fc1cc(CN2CCCNCC2)c2ncccc2c1. The van der Waals surface area contributed by atoms with E-state index >= 15 is 0 Å². The third-order valence-electron chi connectivity index (χ3n) is 3.58. The first-order chi connectivity index (χ1) is 9.33. The highest BCUT2D eigenvalue weighted by Gasteiger charge is 2.12. The van der Waals surface area contributed by atoms with Gasteiger partial charge in [0, 0.05) is 31.2 Å². The fourth-order valence-electron chi connectivity index (χ4n) is 2.65. The van der Waals surface area contributed by atoms with E-state index in [0.29, 0.717) is 0 Å². The maximum Gasteiger partial charge on any atom is 0.124 e. The molecule has 2 heterocycles. The molecule has 0 unspecified atom stereocenters. The predicted molar refractivity (Wildman–Crippen MR) is 74.5 cm³/mol. The van der Waals surface area contributed by atoms with Gasteiger partial charge in [-0.1, -0.05) is 6.07 Å². The van der Waals surface area contributed by atoms with E-state index in [-0.39, 0.29) is 5.82 Å². The van der Waals surface area contributed by atoms with Crippen molar-refractivity contribution in [1.29, 1.82) is 0 Å². The van der Waals surface area contributed by atoms with Crippen molar-refractivity contribution in [2.45, 2.75) is 13.0 Å². The van der Waals surface area contributed by atoms with E-state index in [0.717, 1.165) is 55.6 Å². The molecule has 1 saturated heterocycles. The zero-order valence-corrected chi connectivity index (χ0v) is 10.9. The smallest absolute Gasteiger partial charge is 0.124 e. The third-order valence-corrected chi connectivity index (χ3v) is 3.58. The lowest BCUT2D eigenvalue weighted by Gasteiger charge is -2.20. The molecule has 0 atom stereocenters. The zero-order chi connectivity index (χ0) is 13.1. The first-order valence-corrected chi connectivity index (χ1v) is 6.79. The topological polar surface area (TPSA) is 28.2 Å². The fourth-order valence-corrected chi connectivity index (χ4v) is 2.65. The number of fused-ring (bicyclic) bond motifs is 1. The highest BCUT2D eigenvalue weighted by Crippen LogP contribution is 2.20. The molecule has 1 aromatic carbocycles. The van der Waals surface area contributed by atoms with Crippen molar-refractivity contribution in [2.24, 2.45) is 0 Å². The van der Waals surface area contributed by atoms with Crippen LogP contribution in [0.2, 0.25) is 0 Å². The fraction of sp³-hybridized carbons (Fsp3) is 0.400. The zero-order valence-electron chi connectivity index (χ0n) is 10.9. The number of halogens is 1. The molecule has 0 radical (unpaired) electrons. The highest BCUT2D eigenvalue weighted by atomic mass is 19.1. The van der Waals surface area contributed by atoms with Crippen molar-refractivity contribution < 1.29 is 4.39 Å². The predicted octanol–water partition coefficient (Wildman–Crippen LogP) is 2.17. The van der Waals surface area contributed by atoms with Crippen LogP contribution in [0, 0.1) is 5.82 Å². The first-order valence-electron chi connectivity index (χ1n) is 6.79. The molecule has 0 spiro atoms. The van der Waals surface area contributed by atoms with Gasteiger partial charge in [-0.05, 0) is 43.3 Å². The minimum absolute atomic E-state index is 0.177. The Balaban J connectivity index is 1.90. The van der Waals surface area contributed by atoms with Gasteiger partial charge in [0.1, 0.15) is 5.82 Å². The van der Waals surface area contributed by atoms with Crippen molar-refractivity contribution in [3.05, 3.63) is 41.8 Å². The summed E-state index contributed by atoms with van der Waals surface area (Å²) < 4.78 is 13.7. The molecule has 1 fully saturated rings. The molecular formula is C15H18FN3. The van der Waals surface area contributed by atoms with E-state index in [2.05, 4.69) is 15.2 Å². The van der Waals surface area contributed by atoms with Crippen LogP contribution in [0.1, 0.15) is 12.0 Å². The number of pyridine rings is 1. The second-order valence-corrected chi connectivity index (χ2v) is 5.02. The van der Waals surface area contributed by atoms with Crippen molar-refractivity contribution in [1.82, 2.24) is 15.2 Å². The summed E-state index contributed by atoms with van der Waals surface area (Å²) in [5, 5.41) is 4.26. The molecule has 0 aliphatic carbocycles. The Kier molecular flexibility index (Phi) is 3.71. The summed E-state index contributed by atoms with van der Waals surface area (Å²) in [7, 11) is 0. The number of benzene rings is 1. The Morgan fingerprint density at radius 1 is 1.26 bits per heavy atom. The summed E-state index contributed by atoms with van der Waals surface area (Å²) in [6.45, 7) is 4.90. The second-order valence-electron chi connectivity index (χ2n) is 5.02. The number of hydrogen-bond donors (Lipinski definition) is 1. The molecule has 4 heteroatoms. The normalized spacial score (nSPS) is 17.5. The lowest BCUT2D eigenvalue weighted by molar-refractivity contribution is 0.285. The molecule has 1 aliphatic heterocycles. The average molecular weight is 259 g/mol. The number of aromatic nitrogens is 1. The maximum absolute atomic E-state index is 13.7. The van der Waals surface area contributed by atoms with Gasteiger partial charge in [-0.3, -0.25) is 9.88 Å². The van der Waals surface area contributed by atoms with Gasteiger partial charge >= 0.3 is 0 Å². The molecule has 100 valence electrons. The van der Waals surface area contributed by atoms with Crippen LogP contribution in [-0.4, -0.2) is 36.1 Å². The van der Waals surface area contributed by atoms with E-state index in [1.807, 2.05) is 12.1 Å². The molecule has 3 nitrogen and oxygen atoms in total. The molecular weight excluding hydrogens is 241 g/mol. The van der Waals surface area contributed by atoms with Crippen molar-refractivity contribution in [3.63, 3.8) is 0 Å². The Bertz CT molecular complexity index is 562. The summed E-state index contributed by atoms with van der Waals surface area (Å²) in [5.74, 6) is -0.177. The number of hydrogen-bond acceptors (Lipinski definition) is 3. The molecule has 0 amide bonds. The van der Waals surface area contributed by atoms with E-state index in [4.69, 9.17) is 0 Å². The van der Waals surface area contributed by atoms with E-state index < -0.39 is 0 Å². The summed E-state index contributed by atoms with van der Waals surface area (Å²) in [5.41, 5.74) is 1.90. The van der Waals surface area contributed by atoms with E-state index in [9.17, 15) is 4.39 Å². The summed E-state index contributed by atoms with van der Waals surface area (Å²) in [4.78, 5) is 6.77. The minimum Gasteiger partial charge on any atom is -0.315 e. The van der Waals surface area contributed by atoms with Crippen LogP contribution in [0.25, 0.3) is 10.9 Å². The van der Waals surface area contributed by atoms with Gasteiger partial charge in [0.2, 0.25) is 0 Å². The van der Waals surface area contributed by atoms with Crippen LogP contribution >= 0.6 is 0 Å². The van der Waals surface area contributed by atoms with Gasteiger partial charge in [0.25, 0.3) is 0 Å². The third kappa shape index (κ3) is 2.91. The van der Waals surface area contributed by atoms with Crippen LogP contribution in [0.5, 0.6) is 0 Å². The molecule has 2 aromatic rings. The molecule has 3 rings (SSSR count). The Hall–Kier alpha value is -1.52. The van der Waals surface area contributed by atoms with Crippen LogP contribution in [0.4, 0.5) is 4.39 Å². The molecule has 19 heavy (non-hydrogen) atoms. The average Bonchev–Trinajstić information content (AvgIpc) is 2.67. The van der Waals surface area contributed by atoms with Crippen molar-refractivity contribution >= 4 is 10.9 Å². The van der Waals surface area contributed by atoms with E-state index in [1.165, 1.54) is 0 Å². The van der Waals surface area contributed by atoms with Crippen LogP contribution < -0.4 is 5.32 Å². The van der Waals surface area contributed by atoms with Crippen LogP contribution in [-0.2, 0) is 6.54 Å². The van der Waals surface area contributed by atoms with Crippen molar-refractivity contribution in [3.8, 4) is 0 Å². The Morgan fingerprint density at radius 2 is 2.21 bits per heavy atom. The number of nitrogens with zero attached hydrogens (tertiary/aromatic N) is 2. The minimum atomic E-state index is -0.177. The Labute approximate surface area is 112 Å². The summed E-state index contributed by atoms with van der Waals surface area (Å²) >= 11 is 0. The summed E-state index contributed by atoms with van der Waals surface area (Å²) in [6, 6.07) is 6.93. The standard InChI is InChI=1S/C15H18FN3/c16-14-9-12-3-1-5-18-15(12)13(10-14)11-19-7-2-4-17-6-8-19/h1,3,5,9-10,17H,2,4,6-8,11H2. The molecule has 1 aliphatic rings. The largest absolute Gasteiger partial charge is 0.315 e. The van der Waals surface area contributed by atoms with Gasteiger partial charge in [0.15, 0.2) is 0 Å². The van der Waals surface area contributed by atoms with Crippen LogP contribution in [0.15, 0.2) is 30.5 Å². The van der Waals surface area contributed by atoms with Gasteiger partial charge in [-0.25, -0.2) is 4.39 Å². The van der Waals surface area contributed by atoms with E-state index in [1.54, 1.807) is 18.3 Å². The first kappa shape index (κ1) is 12.5. The molecule has 0 bridgehead atoms. The van der Waals surface area contributed by atoms with Gasteiger partial charge in [-0.2, -0.15) is 0 Å². The molecule has 0 saturated carbocycles. The monoisotopic (exact) mass is 259 g/mol.